The number of furan rings is 1. The number of pyridine rings is 1. The molecule has 0 aromatic carbocycles. The standard InChI is InChI=1S/C21H23N5O2/c1-13-16(17-18(25-21(2)7-8-21)23-12-24-19(17)28-13)20(27)26-10-6-14(11-26)15-5-3-4-9-22-15/h3-5,9,12,14H,6-8,10-11H2,1-2H3,(H,23,24,25). The summed E-state index contributed by atoms with van der Waals surface area (Å²) in [6, 6.07) is 5.94. The molecule has 1 atom stereocenters. The molecular formula is C21H23N5O2. The van der Waals surface area contributed by atoms with Gasteiger partial charge in [0.15, 0.2) is 0 Å². The second kappa shape index (κ2) is 6.29. The predicted octanol–water partition coefficient (Wildman–Crippen LogP) is 3.52. The number of nitrogens with one attached hydrogen (secondary N) is 1. The van der Waals surface area contributed by atoms with E-state index in [1.807, 2.05) is 30.0 Å². The van der Waals surface area contributed by atoms with Crippen LogP contribution in [-0.4, -0.2) is 44.4 Å². The number of likely N-dealkylation sites (tertiary alicyclic amines) is 1. The minimum atomic E-state index is -0.0199. The molecule has 3 aromatic rings. The van der Waals surface area contributed by atoms with Gasteiger partial charge in [-0.3, -0.25) is 9.78 Å². The minimum absolute atomic E-state index is 0.0199. The number of amides is 1. The third kappa shape index (κ3) is 2.91. The molecule has 28 heavy (non-hydrogen) atoms. The summed E-state index contributed by atoms with van der Waals surface area (Å²) in [5, 5.41) is 4.17. The van der Waals surface area contributed by atoms with Gasteiger partial charge in [-0.15, -0.1) is 0 Å². The molecular weight excluding hydrogens is 354 g/mol. The second-order valence-corrected chi connectivity index (χ2v) is 8.11. The van der Waals surface area contributed by atoms with Crippen LogP contribution in [0.4, 0.5) is 5.82 Å². The lowest BCUT2D eigenvalue weighted by atomic mass is 10.0. The van der Waals surface area contributed by atoms with Gasteiger partial charge in [0.05, 0.1) is 10.9 Å². The third-order valence-corrected chi connectivity index (χ3v) is 5.88. The topological polar surface area (TPSA) is 84.2 Å². The van der Waals surface area contributed by atoms with Crippen molar-refractivity contribution in [2.45, 2.75) is 44.6 Å². The maximum absolute atomic E-state index is 13.4. The van der Waals surface area contributed by atoms with Crippen LogP contribution in [0.2, 0.25) is 0 Å². The Morgan fingerprint density at radius 3 is 2.89 bits per heavy atom. The van der Waals surface area contributed by atoms with E-state index in [-0.39, 0.29) is 17.4 Å². The Bertz CT molecular complexity index is 1040. The van der Waals surface area contributed by atoms with Crippen molar-refractivity contribution in [2.75, 3.05) is 18.4 Å². The highest BCUT2D eigenvalue weighted by molar-refractivity contribution is 6.10. The van der Waals surface area contributed by atoms with Crippen LogP contribution >= 0.6 is 0 Å². The van der Waals surface area contributed by atoms with Crippen molar-refractivity contribution in [1.82, 2.24) is 19.9 Å². The Morgan fingerprint density at radius 1 is 1.29 bits per heavy atom. The molecule has 1 N–H and O–H groups in total. The lowest BCUT2D eigenvalue weighted by Gasteiger charge is -2.17. The SMILES string of the molecule is Cc1oc2ncnc(NC3(C)CC3)c2c1C(=O)N1CCC(c2ccccn2)C1. The number of hydrogen-bond acceptors (Lipinski definition) is 6. The van der Waals surface area contributed by atoms with Crippen molar-refractivity contribution in [2.24, 2.45) is 0 Å². The smallest absolute Gasteiger partial charge is 0.258 e. The summed E-state index contributed by atoms with van der Waals surface area (Å²) in [5.41, 5.74) is 2.12. The number of anilines is 1. The van der Waals surface area contributed by atoms with E-state index in [4.69, 9.17) is 4.42 Å². The van der Waals surface area contributed by atoms with E-state index in [0.29, 0.717) is 41.3 Å². The molecule has 5 rings (SSSR count). The summed E-state index contributed by atoms with van der Waals surface area (Å²) in [5.74, 6) is 1.52. The molecule has 1 saturated heterocycles. The first-order valence-electron chi connectivity index (χ1n) is 9.76. The molecule has 7 nitrogen and oxygen atoms in total. The number of carbonyl (C=O) groups excluding carboxylic acids is 1. The van der Waals surface area contributed by atoms with Crippen LogP contribution < -0.4 is 5.32 Å². The summed E-state index contributed by atoms with van der Waals surface area (Å²) in [4.78, 5) is 28.4. The van der Waals surface area contributed by atoms with Gasteiger partial charge in [-0.25, -0.2) is 9.97 Å². The first-order valence-corrected chi connectivity index (χ1v) is 9.76. The van der Waals surface area contributed by atoms with Crippen molar-refractivity contribution in [1.29, 1.82) is 0 Å². The van der Waals surface area contributed by atoms with Crippen molar-refractivity contribution >= 4 is 22.8 Å². The Balaban J connectivity index is 1.47. The summed E-state index contributed by atoms with van der Waals surface area (Å²) >= 11 is 0. The molecule has 144 valence electrons. The monoisotopic (exact) mass is 377 g/mol. The van der Waals surface area contributed by atoms with Crippen LogP contribution in [0.5, 0.6) is 0 Å². The number of hydrogen-bond donors (Lipinski definition) is 1. The molecule has 1 unspecified atom stereocenters. The average Bonchev–Trinajstić information content (AvgIpc) is 3.10. The molecule has 1 aliphatic carbocycles. The Labute approximate surface area is 163 Å². The van der Waals surface area contributed by atoms with Crippen LogP contribution in [0.15, 0.2) is 35.1 Å². The van der Waals surface area contributed by atoms with E-state index in [2.05, 4.69) is 27.2 Å². The van der Waals surface area contributed by atoms with E-state index in [0.717, 1.165) is 25.0 Å². The molecule has 2 fully saturated rings. The van der Waals surface area contributed by atoms with Crippen LogP contribution in [-0.2, 0) is 0 Å². The highest BCUT2D eigenvalue weighted by Gasteiger charge is 2.39. The summed E-state index contributed by atoms with van der Waals surface area (Å²) < 4.78 is 5.82. The Morgan fingerprint density at radius 2 is 2.14 bits per heavy atom. The number of aryl methyl sites for hydroxylation is 1. The van der Waals surface area contributed by atoms with Crippen molar-refractivity contribution in [3.63, 3.8) is 0 Å². The summed E-state index contributed by atoms with van der Waals surface area (Å²) in [7, 11) is 0. The van der Waals surface area contributed by atoms with Gasteiger partial charge in [-0.2, -0.15) is 0 Å². The normalized spacial score (nSPS) is 20.5. The third-order valence-electron chi connectivity index (χ3n) is 5.88. The average molecular weight is 377 g/mol. The molecule has 0 radical (unpaired) electrons. The van der Waals surface area contributed by atoms with Gasteiger partial charge in [0.25, 0.3) is 5.91 Å². The van der Waals surface area contributed by atoms with E-state index < -0.39 is 0 Å². The maximum atomic E-state index is 13.4. The molecule has 3 aromatic heterocycles. The van der Waals surface area contributed by atoms with Crippen molar-refractivity contribution < 1.29 is 9.21 Å². The number of fused-ring (bicyclic) bond motifs is 1. The van der Waals surface area contributed by atoms with E-state index in [1.54, 1.807) is 6.20 Å². The quantitative estimate of drug-likeness (QED) is 0.749. The van der Waals surface area contributed by atoms with E-state index >= 15 is 0 Å². The lowest BCUT2D eigenvalue weighted by molar-refractivity contribution is 0.0790. The largest absolute Gasteiger partial charge is 0.442 e. The second-order valence-electron chi connectivity index (χ2n) is 8.11. The zero-order valence-corrected chi connectivity index (χ0v) is 16.1. The van der Waals surface area contributed by atoms with Crippen LogP contribution in [0.3, 0.4) is 0 Å². The fraction of sp³-hybridized carbons (Fsp3) is 0.429. The maximum Gasteiger partial charge on any atom is 0.258 e. The van der Waals surface area contributed by atoms with Gasteiger partial charge in [-0.05, 0) is 45.2 Å². The van der Waals surface area contributed by atoms with Gasteiger partial charge in [0.1, 0.15) is 17.9 Å². The number of nitrogens with zero attached hydrogens (tertiary/aromatic N) is 4. The molecule has 4 heterocycles. The van der Waals surface area contributed by atoms with Gasteiger partial charge in [0, 0.05) is 36.4 Å². The Hall–Kier alpha value is -2.96. The Kier molecular flexibility index (Phi) is 3.86. The molecule has 7 heteroatoms. The van der Waals surface area contributed by atoms with Crippen molar-refractivity contribution in [3.8, 4) is 0 Å². The number of aromatic nitrogens is 3. The molecule has 1 aliphatic heterocycles. The van der Waals surface area contributed by atoms with Crippen LogP contribution in [0, 0.1) is 6.92 Å². The molecule has 2 aliphatic rings. The molecule has 0 spiro atoms. The highest BCUT2D eigenvalue weighted by atomic mass is 16.3. The molecule has 1 amide bonds. The minimum Gasteiger partial charge on any atom is -0.442 e. The van der Waals surface area contributed by atoms with Gasteiger partial charge < -0.3 is 14.6 Å². The highest BCUT2D eigenvalue weighted by Crippen LogP contribution is 2.40. The summed E-state index contributed by atoms with van der Waals surface area (Å²) in [6.07, 6.45) is 6.39. The predicted molar refractivity (Wildman–Crippen MR) is 105 cm³/mol. The van der Waals surface area contributed by atoms with Gasteiger partial charge >= 0.3 is 0 Å². The van der Waals surface area contributed by atoms with Gasteiger partial charge in [0.2, 0.25) is 5.71 Å². The van der Waals surface area contributed by atoms with E-state index in [1.165, 1.54) is 6.33 Å². The first kappa shape index (κ1) is 17.2. The molecule has 1 saturated carbocycles. The molecule has 0 bridgehead atoms. The zero-order chi connectivity index (χ0) is 19.3. The fourth-order valence-corrected chi connectivity index (χ4v) is 3.96. The number of rotatable bonds is 4. The van der Waals surface area contributed by atoms with Gasteiger partial charge in [-0.1, -0.05) is 6.07 Å². The summed E-state index contributed by atoms with van der Waals surface area (Å²) in [6.45, 7) is 5.35. The van der Waals surface area contributed by atoms with Crippen LogP contribution in [0.25, 0.3) is 11.1 Å². The lowest BCUT2D eigenvalue weighted by Crippen LogP contribution is -2.29. The van der Waals surface area contributed by atoms with Crippen LogP contribution in [0.1, 0.15) is 53.9 Å². The number of carbonyl (C=O) groups is 1. The van der Waals surface area contributed by atoms with Crippen molar-refractivity contribution in [3.05, 3.63) is 47.7 Å². The fourth-order valence-electron chi connectivity index (χ4n) is 3.96. The zero-order valence-electron chi connectivity index (χ0n) is 16.1. The van der Waals surface area contributed by atoms with E-state index in [9.17, 15) is 4.79 Å². The first-order chi connectivity index (χ1) is 13.5.